The van der Waals surface area contributed by atoms with Gasteiger partial charge in [-0.3, -0.25) is 9.78 Å². The molecular weight excluding hydrogens is 362 g/mol. The van der Waals surface area contributed by atoms with Crippen molar-refractivity contribution >= 4 is 27.5 Å². The van der Waals surface area contributed by atoms with Crippen LogP contribution in [0.4, 0.5) is 0 Å². The van der Waals surface area contributed by atoms with E-state index >= 15 is 0 Å². The molecule has 0 bridgehead atoms. The summed E-state index contributed by atoms with van der Waals surface area (Å²) in [6.07, 6.45) is 3.10. The van der Waals surface area contributed by atoms with Crippen molar-refractivity contribution < 1.29 is 14.3 Å². The second-order valence-corrected chi connectivity index (χ2v) is 5.42. The molecule has 1 heterocycles. The maximum Gasteiger partial charge on any atom is 0.271 e. The van der Waals surface area contributed by atoms with Crippen LogP contribution < -0.4 is 14.9 Å². The van der Waals surface area contributed by atoms with Gasteiger partial charge in [-0.1, -0.05) is 0 Å². The molecule has 120 valence electrons. The van der Waals surface area contributed by atoms with Crippen LogP contribution >= 0.6 is 15.9 Å². The largest absolute Gasteiger partial charge is 0.493 e. The number of nitrogens with zero attached hydrogens (tertiary/aromatic N) is 2. The SMILES string of the molecule is COc1cc(Br)c(C(C)=NNC(=O)c2ccncc2)cc1OC. The summed E-state index contributed by atoms with van der Waals surface area (Å²) in [5, 5.41) is 4.13. The first-order valence-electron chi connectivity index (χ1n) is 6.73. The summed E-state index contributed by atoms with van der Waals surface area (Å²) >= 11 is 3.47. The molecule has 0 aliphatic heterocycles. The Morgan fingerprint density at radius 3 is 2.39 bits per heavy atom. The molecule has 2 rings (SSSR count). The minimum Gasteiger partial charge on any atom is -0.493 e. The molecule has 1 N–H and O–H groups in total. The Morgan fingerprint density at radius 2 is 1.78 bits per heavy atom. The van der Waals surface area contributed by atoms with Crippen molar-refractivity contribution in [2.45, 2.75) is 6.92 Å². The molecule has 1 aromatic carbocycles. The minimum absolute atomic E-state index is 0.302. The van der Waals surface area contributed by atoms with Crippen molar-refractivity contribution in [3.8, 4) is 11.5 Å². The molecule has 0 saturated heterocycles. The standard InChI is InChI=1S/C16H16BrN3O3/c1-10(19-20-16(21)11-4-6-18-7-5-11)12-8-14(22-2)15(23-3)9-13(12)17/h4-9H,1-3H3,(H,20,21). The van der Waals surface area contributed by atoms with Gasteiger partial charge in [0, 0.05) is 28.0 Å². The van der Waals surface area contributed by atoms with Crippen molar-refractivity contribution in [3.63, 3.8) is 0 Å². The second kappa shape index (κ2) is 7.73. The molecule has 0 spiro atoms. The Hall–Kier alpha value is -2.41. The molecule has 1 aromatic heterocycles. The lowest BCUT2D eigenvalue weighted by Gasteiger charge is -2.11. The number of methoxy groups -OCH3 is 2. The summed E-state index contributed by atoms with van der Waals surface area (Å²) in [6.45, 7) is 1.79. The molecule has 7 heteroatoms. The van der Waals surface area contributed by atoms with Gasteiger partial charge in [-0.15, -0.1) is 0 Å². The maximum absolute atomic E-state index is 12.0. The van der Waals surface area contributed by atoms with Crippen LogP contribution in [0.1, 0.15) is 22.8 Å². The fourth-order valence-electron chi connectivity index (χ4n) is 1.89. The van der Waals surface area contributed by atoms with E-state index in [1.807, 2.05) is 0 Å². The number of amides is 1. The number of hydrazone groups is 1. The van der Waals surface area contributed by atoms with Crippen molar-refractivity contribution in [2.75, 3.05) is 14.2 Å². The van der Waals surface area contributed by atoms with Gasteiger partial charge in [0.1, 0.15) is 0 Å². The van der Waals surface area contributed by atoms with Crippen LogP contribution in [-0.2, 0) is 0 Å². The van der Waals surface area contributed by atoms with E-state index in [0.717, 1.165) is 10.0 Å². The number of carbonyl (C=O) groups excluding carboxylic acids is 1. The molecule has 0 aliphatic carbocycles. The third-order valence-electron chi connectivity index (χ3n) is 3.13. The zero-order chi connectivity index (χ0) is 16.8. The Labute approximate surface area is 142 Å². The summed E-state index contributed by atoms with van der Waals surface area (Å²) in [5.74, 6) is 0.890. The highest BCUT2D eigenvalue weighted by Crippen LogP contribution is 2.33. The van der Waals surface area contributed by atoms with E-state index in [0.29, 0.717) is 22.8 Å². The molecule has 0 aliphatic rings. The van der Waals surface area contributed by atoms with Crippen LogP contribution in [0.15, 0.2) is 46.2 Å². The van der Waals surface area contributed by atoms with Crippen LogP contribution in [0.2, 0.25) is 0 Å². The van der Waals surface area contributed by atoms with Crippen molar-refractivity contribution in [1.29, 1.82) is 0 Å². The monoisotopic (exact) mass is 377 g/mol. The number of halogens is 1. The molecule has 2 aromatic rings. The van der Waals surface area contributed by atoms with E-state index in [1.165, 1.54) is 0 Å². The molecule has 1 amide bonds. The highest BCUT2D eigenvalue weighted by molar-refractivity contribution is 9.10. The predicted molar refractivity (Wildman–Crippen MR) is 91.2 cm³/mol. The normalized spacial score (nSPS) is 11.0. The van der Waals surface area contributed by atoms with Gasteiger partial charge in [0.05, 0.1) is 19.9 Å². The van der Waals surface area contributed by atoms with E-state index in [4.69, 9.17) is 9.47 Å². The molecule has 0 unspecified atom stereocenters. The number of nitrogens with one attached hydrogen (secondary N) is 1. The number of carbonyl (C=O) groups is 1. The van der Waals surface area contributed by atoms with Gasteiger partial charge in [-0.05, 0) is 47.1 Å². The smallest absolute Gasteiger partial charge is 0.271 e. The van der Waals surface area contributed by atoms with E-state index < -0.39 is 0 Å². The summed E-state index contributed by atoms with van der Waals surface area (Å²) < 4.78 is 11.3. The Bertz CT molecular complexity index is 733. The fourth-order valence-corrected chi connectivity index (χ4v) is 2.50. The van der Waals surface area contributed by atoms with E-state index in [9.17, 15) is 4.79 Å². The molecule has 0 radical (unpaired) electrons. The quantitative estimate of drug-likeness (QED) is 0.641. The molecule has 0 fully saturated rings. The van der Waals surface area contributed by atoms with Crippen LogP contribution in [0, 0.1) is 0 Å². The number of ether oxygens (including phenoxy) is 2. The van der Waals surface area contributed by atoms with Gasteiger partial charge < -0.3 is 9.47 Å². The third-order valence-corrected chi connectivity index (χ3v) is 3.79. The average molecular weight is 378 g/mol. The first kappa shape index (κ1) is 17.0. The molecule has 0 saturated carbocycles. The zero-order valence-electron chi connectivity index (χ0n) is 13.0. The first-order valence-corrected chi connectivity index (χ1v) is 7.52. The Morgan fingerprint density at radius 1 is 1.17 bits per heavy atom. The molecule has 0 atom stereocenters. The van der Waals surface area contributed by atoms with Gasteiger partial charge in [-0.25, -0.2) is 5.43 Å². The third kappa shape index (κ3) is 4.07. The van der Waals surface area contributed by atoms with E-state index in [-0.39, 0.29) is 5.91 Å². The maximum atomic E-state index is 12.0. The zero-order valence-corrected chi connectivity index (χ0v) is 14.5. The minimum atomic E-state index is -0.302. The topological polar surface area (TPSA) is 72.8 Å². The van der Waals surface area contributed by atoms with Crippen molar-refractivity contribution in [1.82, 2.24) is 10.4 Å². The summed E-state index contributed by atoms with van der Waals surface area (Å²) in [7, 11) is 3.13. The second-order valence-electron chi connectivity index (χ2n) is 4.56. The Balaban J connectivity index is 2.23. The summed E-state index contributed by atoms with van der Waals surface area (Å²) in [6, 6.07) is 6.82. The lowest BCUT2D eigenvalue weighted by atomic mass is 10.1. The number of benzene rings is 1. The van der Waals surface area contributed by atoms with Crippen LogP contribution in [0.3, 0.4) is 0 Å². The van der Waals surface area contributed by atoms with Gasteiger partial charge in [0.25, 0.3) is 5.91 Å². The number of aromatic nitrogens is 1. The van der Waals surface area contributed by atoms with Crippen molar-refractivity contribution in [2.24, 2.45) is 5.10 Å². The predicted octanol–water partition coefficient (Wildman–Crippen LogP) is 3.02. The highest BCUT2D eigenvalue weighted by Gasteiger charge is 2.12. The molecule has 23 heavy (non-hydrogen) atoms. The first-order chi connectivity index (χ1) is 11.1. The summed E-state index contributed by atoms with van der Waals surface area (Å²) in [4.78, 5) is 15.9. The lowest BCUT2D eigenvalue weighted by Crippen LogP contribution is -2.19. The van der Waals surface area contributed by atoms with Gasteiger partial charge in [0.15, 0.2) is 11.5 Å². The van der Waals surface area contributed by atoms with Gasteiger partial charge in [-0.2, -0.15) is 5.10 Å². The van der Waals surface area contributed by atoms with Crippen molar-refractivity contribution in [3.05, 3.63) is 52.3 Å². The van der Waals surface area contributed by atoms with Gasteiger partial charge in [0.2, 0.25) is 0 Å². The van der Waals surface area contributed by atoms with Crippen LogP contribution in [0.5, 0.6) is 11.5 Å². The molecule has 6 nitrogen and oxygen atoms in total. The van der Waals surface area contributed by atoms with E-state index in [1.54, 1.807) is 57.8 Å². The number of hydrogen-bond acceptors (Lipinski definition) is 5. The number of pyridine rings is 1. The highest BCUT2D eigenvalue weighted by atomic mass is 79.9. The lowest BCUT2D eigenvalue weighted by molar-refractivity contribution is 0.0954. The summed E-state index contributed by atoms with van der Waals surface area (Å²) in [5.41, 5.74) is 4.42. The average Bonchev–Trinajstić information content (AvgIpc) is 2.59. The van der Waals surface area contributed by atoms with E-state index in [2.05, 4.69) is 31.4 Å². The molecular formula is C16H16BrN3O3. The Kier molecular flexibility index (Phi) is 5.70. The number of hydrogen-bond donors (Lipinski definition) is 1. The van der Waals surface area contributed by atoms with Crippen LogP contribution in [0.25, 0.3) is 0 Å². The fraction of sp³-hybridized carbons (Fsp3) is 0.188. The number of rotatable bonds is 5. The van der Waals surface area contributed by atoms with Gasteiger partial charge >= 0.3 is 0 Å². The van der Waals surface area contributed by atoms with Crippen LogP contribution in [-0.4, -0.2) is 30.8 Å².